The first kappa shape index (κ1) is 23.7. The number of carbonyl (C=O) groups excluding carboxylic acids is 2. The number of carbonyl (C=O) groups is 2. The first-order chi connectivity index (χ1) is 18.0. The molecule has 6 rings (SSSR count). The monoisotopic (exact) mass is 499 g/mol. The van der Waals surface area contributed by atoms with Gasteiger partial charge in [-0.3, -0.25) is 9.59 Å². The summed E-state index contributed by atoms with van der Waals surface area (Å²) in [6.07, 6.45) is 3.79. The number of hydrogen-bond donors (Lipinski definition) is 0. The van der Waals surface area contributed by atoms with Crippen molar-refractivity contribution in [3.05, 3.63) is 59.5 Å². The Bertz CT molecular complexity index is 1310. The lowest BCUT2D eigenvalue weighted by molar-refractivity contribution is -0.136. The van der Waals surface area contributed by atoms with E-state index in [0.29, 0.717) is 31.4 Å². The van der Waals surface area contributed by atoms with Crippen molar-refractivity contribution in [3.63, 3.8) is 0 Å². The quantitative estimate of drug-likeness (QED) is 0.520. The second-order valence-corrected chi connectivity index (χ2v) is 10.6. The molecule has 2 amide bonds. The number of anilines is 2. The van der Waals surface area contributed by atoms with Crippen LogP contribution in [-0.4, -0.2) is 59.6 Å². The Morgan fingerprint density at radius 1 is 0.946 bits per heavy atom. The highest BCUT2D eigenvalue weighted by molar-refractivity contribution is 6.00. The minimum Gasteiger partial charge on any atom is -0.368 e. The van der Waals surface area contributed by atoms with Crippen LogP contribution in [-0.2, 0) is 9.59 Å². The van der Waals surface area contributed by atoms with E-state index in [1.165, 1.54) is 12.0 Å². The smallest absolute Gasteiger partial charge is 0.230 e. The maximum atomic E-state index is 13.3. The topological polar surface area (TPSA) is 82.8 Å². The molecule has 0 spiro atoms. The third kappa shape index (κ3) is 4.61. The van der Waals surface area contributed by atoms with Crippen LogP contribution >= 0.6 is 0 Å². The van der Waals surface area contributed by atoms with Crippen LogP contribution in [0.5, 0.6) is 0 Å². The second-order valence-electron chi connectivity index (χ2n) is 10.6. The van der Waals surface area contributed by atoms with Crippen LogP contribution in [0.15, 0.2) is 47.0 Å². The van der Waals surface area contributed by atoms with E-state index in [0.717, 1.165) is 54.3 Å². The Morgan fingerprint density at radius 2 is 1.68 bits per heavy atom. The first-order valence-corrected chi connectivity index (χ1v) is 13.3. The zero-order valence-corrected chi connectivity index (χ0v) is 21.5. The van der Waals surface area contributed by atoms with Crippen molar-refractivity contribution in [1.29, 1.82) is 0 Å². The lowest BCUT2D eigenvalue weighted by Gasteiger charge is -2.37. The minimum absolute atomic E-state index is 0.0294. The number of rotatable bonds is 5. The van der Waals surface area contributed by atoms with E-state index in [2.05, 4.69) is 34.1 Å². The predicted octanol–water partition coefficient (Wildman–Crippen LogP) is 4.32. The number of aryl methyl sites for hydroxylation is 2. The second kappa shape index (κ2) is 9.65. The van der Waals surface area contributed by atoms with Gasteiger partial charge in [-0.2, -0.15) is 4.98 Å². The molecule has 1 unspecified atom stereocenters. The molecule has 8 nitrogen and oxygen atoms in total. The Hall–Kier alpha value is -3.68. The minimum atomic E-state index is -0.278. The molecule has 1 atom stereocenters. The van der Waals surface area contributed by atoms with Gasteiger partial charge >= 0.3 is 0 Å². The van der Waals surface area contributed by atoms with Gasteiger partial charge in [0, 0.05) is 62.0 Å². The van der Waals surface area contributed by atoms with Crippen molar-refractivity contribution in [1.82, 2.24) is 15.0 Å². The van der Waals surface area contributed by atoms with Gasteiger partial charge in [0.15, 0.2) is 0 Å². The van der Waals surface area contributed by atoms with E-state index < -0.39 is 0 Å². The number of amides is 2. The largest absolute Gasteiger partial charge is 0.368 e. The zero-order chi connectivity index (χ0) is 25.5. The van der Waals surface area contributed by atoms with Gasteiger partial charge in [0.2, 0.25) is 23.5 Å². The zero-order valence-electron chi connectivity index (χ0n) is 21.5. The third-order valence-electron chi connectivity index (χ3n) is 8.25. The number of piperazine rings is 1. The van der Waals surface area contributed by atoms with Crippen molar-refractivity contribution in [3.8, 4) is 11.4 Å². The van der Waals surface area contributed by atoms with E-state index in [1.807, 2.05) is 42.2 Å². The van der Waals surface area contributed by atoms with E-state index >= 15 is 0 Å². The molecule has 2 aliphatic heterocycles. The molecule has 0 bridgehead atoms. The molecule has 3 aliphatic rings. The van der Waals surface area contributed by atoms with Gasteiger partial charge in [-0.15, -0.1) is 0 Å². The number of benzene rings is 2. The maximum Gasteiger partial charge on any atom is 0.230 e. The highest BCUT2D eigenvalue weighted by atomic mass is 16.5. The van der Waals surface area contributed by atoms with Crippen molar-refractivity contribution in [2.45, 2.75) is 45.4 Å². The lowest BCUT2D eigenvalue weighted by atomic mass is 9.85. The molecule has 2 aromatic carbocycles. The van der Waals surface area contributed by atoms with Crippen LogP contribution in [0.4, 0.5) is 11.4 Å². The molecule has 0 radical (unpaired) electrons. The summed E-state index contributed by atoms with van der Waals surface area (Å²) in [5, 5.41) is 4.17. The van der Waals surface area contributed by atoms with E-state index in [-0.39, 0.29) is 24.2 Å². The van der Waals surface area contributed by atoms with Crippen LogP contribution in [0.3, 0.4) is 0 Å². The molecule has 3 aromatic rings. The van der Waals surface area contributed by atoms with Crippen molar-refractivity contribution in [2.24, 2.45) is 5.92 Å². The summed E-state index contributed by atoms with van der Waals surface area (Å²) < 4.78 is 5.46. The fourth-order valence-corrected chi connectivity index (χ4v) is 5.45. The Morgan fingerprint density at radius 3 is 2.35 bits per heavy atom. The molecule has 1 aliphatic carbocycles. The summed E-state index contributed by atoms with van der Waals surface area (Å²) in [5.74, 6) is 1.67. The van der Waals surface area contributed by atoms with Crippen molar-refractivity contribution < 1.29 is 14.1 Å². The van der Waals surface area contributed by atoms with Gasteiger partial charge in [-0.1, -0.05) is 17.6 Å². The molecular formula is C29H33N5O3. The van der Waals surface area contributed by atoms with Gasteiger partial charge in [0.25, 0.3) is 0 Å². The van der Waals surface area contributed by atoms with Gasteiger partial charge in [-0.25, -0.2) is 0 Å². The molecule has 37 heavy (non-hydrogen) atoms. The fourth-order valence-electron chi connectivity index (χ4n) is 5.45. The van der Waals surface area contributed by atoms with E-state index in [9.17, 15) is 9.59 Å². The predicted molar refractivity (Wildman–Crippen MR) is 141 cm³/mol. The van der Waals surface area contributed by atoms with Gasteiger partial charge in [0.1, 0.15) is 0 Å². The highest BCUT2D eigenvalue weighted by Gasteiger charge is 2.38. The Balaban J connectivity index is 1.04. The lowest BCUT2D eigenvalue weighted by Crippen LogP contribution is -2.50. The molecule has 1 aromatic heterocycles. The standard InChI is InChI=1S/C29H33N5O3/c1-19-6-9-25(16-20(19)2)34-18-23(17-26(34)35)29(36)33-14-12-32(13-15-33)24-10-7-21(8-11-24)27-30-28(37-31-27)22-4-3-5-22/h6-11,16,22-23H,3-5,12-15,17-18H2,1-2H3. The summed E-state index contributed by atoms with van der Waals surface area (Å²) >= 11 is 0. The molecule has 0 N–H and O–H groups in total. The van der Waals surface area contributed by atoms with E-state index in [4.69, 9.17) is 4.52 Å². The fraction of sp³-hybridized carbons (Fsp3) is 0.448. The molecule has 3 fully saturated rings. The van der Waals surface area contributed by atoms with Crippen LogP contribution in [0.25, 0.3) is 11.4 Å². The summed E-state index contributed by atoms with van der Waals surface area (Å²) in [5.41, 5.74) is 5.31. The van der Waals surface area contributed by atoms with Crippen molar-refractivity contribution in [2.75, 3.05) is 42.5 Å². The Labute approximate surface area is 217 Å². The number of hydrogen-bond acceptors (Lipinski definition) is 6. The molecular weight excluding hydrogens is 466 g/mol. The van der Waals surface area contributed by atoms with Crippen molar-refractivity contribution >= 4 is 23.2 Å². The third-order valence-corrected chi connectivity index (χ3v) is 8.25. The van der Waals surface area contributed by atoms with Gasteiger partial charge < -0.3 is 19.2 Å². The van der Waals surface area contributed by atoms with Crippen LogP contribution in [0.1, 0.15) is 48.6 Å². The molecule has 1 saturated carbocycles. The normalized spacial score (nSPS) is 20.4. The van der Waals surface area contributed by atoms with Gasteiger partial charge in [-0.05, 0) is 74.2 Å². The van der Waals surface area contributed by atoms with E-state index in [1.54, 1.807) is 4.90 Å². The van der Waals surface area contributed by atoms with Gasteiger partial charge in [0.05, 0.1) is 5.92 Å². The number of nitrogens with zero attached hydrogens (tertiary/aromatic N) is 5. The average Bonchev–Trinajstić information content (AvgIpc) is 3.52. The van der Waals surface area contributed by atoms with Crippen LogP contribution in [0, 0.1) is 19.8 Å². The molecule has 192 valence electrons. The highest BCUT2D eigenvalue weighted by Crippen LogP contribution is 2.36. The number of aromatic nitrogens is 2. The molecule has 8 heteroatoms. The maximum absolute atomic E-state index is 13.3. The summed E-state index contributed by atoms with van der Waals surface area (Å²) in [7, 11) is 0. The summed E-state index contributed by atoms with van der Waals surface area (Å²) in [4.78, 5) is 36.6. The molecule has 3 heterocycles. The first-order valence-electron chi connectivity index (χ1n) is 13.3. The van der Waals surface area contributed by atoms with Crippen LogP contribution < -0.4 is 9.80 Å². The molecule has 2 saturated heterocycles. The Kier molecular flexibility index (Phi) is 6.18. The summed E-state index contributed by atoms with van der Waals surface area (Å²) in [6.45, 7) is 7.41. The summed E-state index contributed by atoms with van der Waals surface area (Å²) in [6, 6.07) is 14.3. The van der Waals surface area contributed by atoms with Crippen LogP contribution in [0.2, 0.25) is 0 Å². The average molecular weight is 500 g/mol. The SMILES string of the molecule is Cc1ccc(N2CC(C(=O)N3CCN(c4ccc(-c5noc(C6CCC6)n5)cc4)CC3)CC2=O)cc1C.